The molecule has 1 saturated carbocycles. The number of thiocarbonyl (C=S) groups is 1. The van der Waals surface area contributed by atoms with Gasteiger partial charge >= 0.3 is 0 Å². The first-order valence-electron chi connectivity index (χ1n) is 7.90. The highest BCUT2D eigenvalue weighted by Gasteiger charge is 2.32. The van der Waals surface area contributed by atoms with Crippen molar-refractivity contribution in [3.63, 3.8) is 0 Å². The topological polar surface area (TPSA) is 24.1 Å². The Kier molecular flexibility index (Phi) is 4.92. The zero-order valence-electron chi connectivity index (χ0n) is 13.9. The van der Waals surface area contributed by atoms with Crippen LogP contribution in [0.5, 0.6) is 0 Å². The van der Waals surface area contributed by atoms with Crippen molar-refractivity contribution < 1.29 is 0 Å². The quantitative estimate of drug-likeness (QED) is 0.767. The molecule has 3 heteroatoms. The lowest BCUT2D eigenvalue weighted by Gasteiger charge is -2.39. The third-order valence-electron chi connectivity index (χ3n) is 4.44. The van der Waals surface area contributed by atoms with E-state index in [1.165, 1.54) is 30.4 Å². The molecule has 0 saturated heterocycles. The van der Waals surface area contributed by atoms with Crippen LogP contribution in [0.1, 0.15) is 51.2 Å². The molecule has 2 nitrogen and oxygen atoms in total. The first-order chi connectivity index (χ1) is 9.77. The molecule has 0 unspecified atom stereocenters. The molecule has 0 aliphatic heterocycles. The summed E-state index contributed by atoms with van der Waals surface area (Å²) in [6.07, 6.45) is 3.70. The summed E-state index contributed by atoms with van der Waals surface area (Å²) < 4.78 is 0. The van der Waals surface area contributed by atoms with Crippen molar-refractivity contribution in [1.29, 1.82) is 0 Å². The average molecular weight is 305 g/mol. The molecule has 116 valence electrons. The number of para-hydroxylation sites is 1. The number of nitrogens with one attached hydrogen (secondary N) is 2. The summed E-state index contributed by atoms with van der Waals surface area (Å²) in [4.78, 5) is 0. The van der Waals surface area contributed by atoms with Gasteiger partial charge in [0.05, 0.1) is 0 Å². The second-order valence-electron chi connectivity index (χ2n) is 7.48. The van der Waals surface area contributed by atoms with Crippen molar-refractivity contribution in [3.05, 3.63) is 29.3 Å². The lowest BCUT2D eigenvalue weighted by molar-refractivity contribution is 0.162. The fraction of sp³-hybridized carbons (Fsp3) is 0.611. The normalized spacial score (nSPS) is 24.4. The van der Waals surface area contributed by atoms with E-state index in [0.29, 0.717) is 11.5 Å². The van der Waals surface area contributed by atoms with E-state index in [2.05, 4.69) is 63.5 Å². The Balaban J connectivity index is 1.99. The van der Waals surface area contributed by atoms with Crippen LogP contribution in [0.2, 0.25) is 0 Å². The van der Waals surface area contributed by atoms with Gasteiger partial charge in [-0.3, -0.25) is 0 Å². The molecule has 1 aromatic carbocycles. The minimum Gasteiger partial charge on any atom is -0.360 e. The third kappa shape index (κ3) is 4.44. The van der Waals surface area contributed by atoms with Crippen molar-refractivity contribution in [2.24, 2.45) is 11.3 Å². The summed E-state index contributed by atoms with van der Waals surface area (Å²) >= 11 is 5.53. The standard InChI is InChI=1S/C18H28N2S/c1-12-9-15(11-18(4,5)10-12)19-17(21)20-16-13(2)7-6-8-14(16)3/h6-8,12,15H,9-11H2,1-5H3,(H2,19,20,21)/t12-,15-/m1/s1. The number of hydrogen-bond donors (Lipinski definition) is 2. The molecular weight excluding hydrogens is 276 g/mol. The van der Waals surface area contributed by atoms with Gasteiger partial charge in [-0.25, -0.2) is 0 Å². The Bertz CT molecular complexity index is 502. The predicted molar refractivity (Wildman–Crippen MR) is 95.9 cm³/mol. The highest BCUT2D eigenvalue weighted by Crippen LogP contribution is 2.38. The van der Waals surface area contributed by atoms with Gasteiger partial charge in [0.1, 0.15) is 0 Å². The molecule has 2 N–H and O–H groups in total. The summed E-state index contributed by atoms with van der Waals surface area (Å²) in [5.74, 6) is 0.759. The van der Waals surface area contributed by atoms with Gasteiger partial charge in [0.25, 0.3) is 0 Å². The molecule has 0 bridgehead atoms. The first kappa shape index (κ1) is 16.3. The van der Waals surface area contributed by atoms with Crippen molar-refractivity contribution in [2.45, 2.75) is 59.9 Å². The van der Waals surface area contributed by atoms with Crippen LogP contribution in [0, 0.1) is 25.2 Å². The van der Waals surface area contributed by atoms with E-state index in [0.717, 1.165) is 16.7 Å². The monoisotopic (exact) mass is 304 g/mol. The largest absolute Gasteiger partial charge is 0.360 e. The Morgan fingerprint density at radius 1 is 1.19 bits per heavy atom. The van der Waals surface area contributed by atoms with Crippen LogP contribution in [0.4, 0.5) is 5.69 Å². The second-order valence-corrected chi connectivity index (χ2v) is 7.88. The van der Waals surface area contributed by atoms with E-state index in [9.17, 15) is 0 Å². The highest BCUT2D eigenvalue weighted by atomic mass is 32.1. The maximum Gasteiger partial charge on any atom is 0.171 e. The van der Waals surface area contributed by atoms with Crippen LogP contribution in [0.3, 0.4) is 0 Å². The van der Waals surface area contributed by atoms with Gasteiger partial charge in [-0.1, -0.05) is 39.0 Å². The average Bonchev–Trinajstić information content (AvgIpc) is 2.31. The van der Waals surface area contributed by atoms with Crippen molar-refractivity contribution in [2.75, 3.05) is 5.32 Å². The maximum absolute atomic E-state index is 5.53. The predicted octanol–water partition coefficient (Wildman–Crippen LogP) is 4.80. The number of anilines is 1. The van der Waals surface area contributed by atoms with Crippen LogP contribution in [0.15, 0.2) is 18.2 Å². The smallest absolute Gasteiger partial charge is 0.171 e. The zero-order chi connectivity index (χ0) is 15.6. The van der Waals surface area contributed by atoms with Crippen molar-refractivity contribution in [3.8, 4) is 0 Å². The highest BCUT2D eigenvalue weighted by molar-refractivity contribution is 7.80. The van der Waals surface area contributed by atoms with Crippen LogP contribution in [0.25, 0.3) is 0 Å². The molecular formula is C18H28N2S. The Hall–Kier alpha value is -1.09. The SMILES string of the molecule is Cc1cccc(C)c1NC(=S)N[C@@H]1C[C@@H](C)CC(C)(C)C1. The molecule has 2 atom stereocenters. The van der Waals surface area contributed by atoms with E-state index >= 15 is 0 Å². The van der Waals surface area contributed by atoms with E-state index in [1.54, 1.807) is 0 Å². The Morgan fingerprint density at radius 2 is 1.81 bits per heavy atom. The van der Waals surface area contributed by atoms with E-state index in [1.807, 2.05) is 0 Å². The number of aryl methyl sites for hydroxylation is 2. The number of benzene rings is 1. The minimum atomic E-state index is 0.406. The summed E-state index contributed by atoms with van der Waals surface area (Å²) in [6, 6.07) is 6.79. The van der Waals surface area contributed by atoms with Crippen LogP contribution < -0.4 is 10.6 Å². The molecule has 2 rings (SSSR count). The Morgan fingerprint density at radius 3 is 2.38 bits per heavy atom. The molecule has 1 aromatic rings. The van der Waals surface area contributed by atoms with E-state index in [4.69, 9.17) is 12.2 Å². The second kappa shape index (κ2) is 6.35. The van der Waals surface area contributed by atoms with E-state index in [-0.39, 0.29) is 0 Å². The van der Waals surface area contributed by atoms with Crippen molar-refractivity contribution in [1.82, 2.24) is 5.32 Å². The molecule has 1 aliphatic carbocycles. The van der Waals surface area contributed by atoms with Gasteiger partial charge in [-0.15, -0.1) is 0 Å². The summed E-state index contributed by atoms with van der Waals surface area (Å²) in [7, 11) is 0. The molecule has 0 amide bonds. The molecule has 21 heavy (non-hydrogen) atoms. The van der Waals surface area contributed by atoms with E-state index < -0.39 is 0 Å². The zero-order valence-corrected chi connectivity index (χ0v) is 14.7. The number of rotatable bonds is 2. The maximum atomic E-state index is 5.53. The fourth-order valence-corrected chi connectivity index (χ4v) is 4.07. The summed E-state index contributed by atoms with van der Waals surface area (Å²) in [5.41, 5.74) is 4.01. The third-order valence-corrected chi connectivity index (χ3v) is 4.66. The lowest BCUT2D eigenvalue weighted by Crippen LogP contribution is -2.44. The van der Waals surface area contributed by atoms with Gasteiger partial charge in [0.15, 0.2) is 5.11 Å². The minimum absolute atomic E-state index is 0.406. The van der Waals surface area contributed by atoms with Gasteiger partial charge < -0.3 is 10.6 Å². The molecule has 0 aromatic heterocycles. The Labute approximate surface area is 134 Å². The molecule has 0 radical (unpaired) electrons. The fourth-order valence-electron chi connectivity index (χ4n) is 3.80. The van der Waals surface area contributed by atoms with Crippen molar-refractivity contribution >= 4 is 23.0 Å². The molecule has 0 heterocycles. The van der Waals surface area contributed by atoms with Crippen LogP contribution in [-0.2, 0) is 0 Å². The molecule has 1 aliphatic rings. The van der Waals surface area contributed by atoms with Gasteiger partial charge in [0, 0.05) is 11.7 Å². The molecule has 0 spiro atoms. The summed E-state index contributed by atoms with van der Waals surface area (Å²) in [5, 5.41) is 7.67. The van der Waals surface area contributed by atoms with Gasteiger partial charge in [-0.2, -0.15) is 0 Å². The van der Waals surface area contributed by atoms with Gasteiger partial charge in [0.2, 0.25) is 0 Å². The lowest BCUT2D eigenvalue weighted by atomic mass is 9.71. The number of hydrogen-bond acceptors (Lipinski definition) is 1. The summed E-state index contributed by atoms with van der Waals surface area (Å²) in [6.45, 7) is 11.3. The first-order valence-corrected chi connectivity index (χ1v) is 8.31. The molecule has 1 fully saturated rings. The van der Waals surface area contributed by atoms with Crippen LogP contribution in [-0.4, -0.2) is 11.2 Å². The van der Waals surface area contributed by atoms with Crippen LogP contribution >= 0.6 is 12.2 Å². The van der Waals surface area contributed by atoms with Gasteiger partial charge in [-0.05, 0) is 67.8 Å².